The first kappa shape index (κ1) is 29.3. The van der Waals surface area contributed by atoms with Crippen LogP contribution in [0.1, 0.15) is 48.3 Å². The lowest BCUT2D eigenvalue weighted by molar-refractivity contribution is -0.119. The van der Waals surface area contributed by atoms with Gasteiger partial charge in [-0.3, -0.25) is 19.0 Å². The van der Waals surface area contributed by atoms with Gasteiger partial charge in [0.05, 0.1) is 30.8 Å². The number of aromatic nitrogens is 4. The average Bonchev–Trinajstić information content (AvgIpc) is 3.42. The number of ether oxygens (including phenoxy) is 1. The molecule has 2 aromatic heterocycles. The standard InChI is InChI=1S/C27H24ClF3N6O4/c1-3-4-22(27(40)33-15-6-7-16(26(32)39)19(29)10-15)36-13-23(41-2)18(11-24(36)38)17-9-14(28)5-8-21(17)37-12-20(25(30)31)34-35-37/h5-13,22,25H,3-4H2,1-2H3,(H2,32,39)(H,33,40)/t22-/m0/s1. The molecule has 4 rings (SSSR count). The molecule has 2 aromatic carbocycles. The zero-order valence-electron chi connectivity index (χ0n) is 21.8. The van der Waals surface area contributed by atoms with E-state index in [1.54, 1.807) is 0 Å². The summed E-state index contributed by atoms with van der Waals surface area (Å²) in [4.78, 5) is 38.0. The summed E-state index contributed by atoms with van der Waals surface area (Å²) < 4.78 is 48.4. The maximum absolute atomic E-state index is 14.2. The SMILES string of the molecule is CCC[C@@H](C(=O)Nc1ccc(C(N)=O)c(F)c1)n1cc(OC)c(-c2cc(Cl)ccc2-n2cc(C(F)F)nn2)cc1=O. The molecule has 41 heavy (non-hydrogen) atoms. The third-order valence-electron chi connectivity index (χ3n) is 6.20. The Hall–Kier alpha value is -4.65. The van der Waals surface area contributed by atoms with Crippen molar-refractivity contribution in [2.45, 2.75) is 32.2 Å². The van der Waals surface area contributed by atoms with Crippen molar-refractivity contribution in [3.8, 4) is 22.6 Å². The van der Waals surface area contributed by atoms with Crippen LogP contribution in [-0.4, -0.2) is 38.5 Å². The fourth-order valence-electron chi connectivity index (χ4n) is 4.25. The summed E-state index contributed by atoms with van der Waals surface area (Å²) in [6.07, 6.45) is 0.336. The van der Waals surface area contributed by atoms with E-state index in [0.717, 1.165) is 23.0 Å². The summed E-state index contributed by atoms with van der Waals surface area (Å²) >= 11 is 6.23. The Morgan fingerprint density at radius 1 is 1.12 bits per heavy atom. The third kappa shape index (κ3) is 6.24. The molecule has 0 spiro atoms. The van der Waals surface area contributed by atoms with Gasteiger partial charge in [-0.2, -0.15) is 0 Å². The van der Waals surface area contributed by atoms with Gasteiger partial charge in [0.15, 0.2) is 0 Å². The van der Waals surface area contributed by atoms with Crippen molar-refractivity contribution in [3.63, 3.8) is 0 Å². The number of nitrogens with two attached hydrogens (primary N) is 1. The highest BCUT2D eigenvalue weighted by Gasteiger charge is 2.25. The number of primary amides is 1. The van der Waals surface area contributed by atoms with E-state index >= 15 is 0 Å². The molecule has 0 fully saturated rings. The number of carbonyl (C=O) groups is 2. The highest BCUT2D eigenvalue weighted by Crippen LogP contribution is 2.36. The maximum atomic E-state index is 14.2. The zero-order valence-corrected chi connectivity index (χ0v) is 22.5. The van der Waals surface area contributed by atoms with Crippen molar-refractivity contribution >= 4 is 29.1 Å². The van der Waals surface area contributed by atoms with Crippen LogP contribution in [0.15, 0.2) is 59.7 Å². The Kier molecular flexibility index (Phi) is 8.77. The predicted octanol–water partition coefficient (Wildman–Crippen LogP) is 4.91. The van der Waals surface area contributed by atoms with E-state index in [-0.39, 0.29) is 29.0 Å². The minimum Gasteiger partial charge on any atom is -0.495 e. The number of nitrogens with zero attached hydrogens (tertiary/aromatic N) is 4. The largest absolute Gasteiger partial charge is 0.495 e. The molecule has 3 N–H and O–H groups in total. The highest BCUT2D eigenvalue weighted by molar-refractivity contribution is 6.31. The molecule has 214 valence electrons. The number of hydrogen-bond acceptors (Lipinski definition) is 6. The molecule has 0 saturated heterocycles. The first-order valence-electron chi connectivity index (χ1n) is 12.2. The monoisotopic (exact) mass is 588 g/mol. The van der Waals surface area contributed by atoms with Crippen LogP contribution in [0.4, 0.5) is 18.9 Å². The Morgan fingerprint density at radius 3 is 2.49 bits per heavy atom. The number of nitrogens with one attached hydrogen (secondary N) is 1. The Bertz CT molecular complexity index is 1670. The predicted molar refractivity (Wildman–Crippen MR) is 145 cm³/mol. The molecule has 2 amide bonds. The van der Waals surface area contributed by atoms with Crippen molar-refractivity contribution in [1.29, 1.82) is 0 Å². The molecule has 0 radical (unpaired) electrons. The number of halogens is 4. The normalized spacial score (nSPS) is 11.9. The molecule has 0 unspecified atom stereocenters. The summed E-state index contributed by atoms with van der Waals surface area (Å²) in [5.74, 6) is -2.30. The van der Waals surface area contributed by atoms with Crippen LogP contribution < -0.4 is 21.3 Å². The van der Waals surface area contributed by atoms with Gasteiger partial charge in [-0.25, -0.2) is 17.9 Å². The van der Waals surface area contributed by atoms with E-state index in [2.05, 4.69) is 15.6 Å². The molecule has 2 heterocycles. The average molecular weight is 589 g/mol. The number of anilines is 1. The van der Waals surface area contributed by atoms with Crippen LogP contribution >= 0.6 is 11.6 Å². The first-order valence-corrected chi connectivity index (χ1v) is 12.6. The summed E-state index contributed by atoms with van der Waals surface area (Å²) in [6.45, 7) is 1.82. The van der Waals surface area contributed by atoms with Gasteiger partial charge in [0.1, 0.15) is 23.3 Å². The molecule has 10 nitrogen and oxygen atoms in total. The van der Waals surface area contributed by atoms with Gasteiger partial charge in [-0.15, -0.1) is 5.10 Å². The lowest BCUT2D eigenvalue weighted by Crippen LogP contribution is -2.33. The van der Waals surface area contributed by atoms with Crippen LogP contribution in [0.2, 0.25) is 5.02 Å². The number of amides is 2. The van der Waals surface area contributed by atoms with Crippen LogP contribution in [0.3, 0.4) is 0 Å². The van der Waals surface area contributed by atoms with Crippen LogP contribution in [0.5, 0.6) is 5.75 Å². The molecule has 4 aromatic rings. The highest BCUT2D eigenvalue weighted by atomic mass is 35.5. The fraction of sp³-hybridized carbons (Fsp3) is 0.222. The minimum atomic E-state index is -2.84. The lowest BCUT2D eigenvalue weighted by Gasteiger charge is -2.21. The fourth-order valence-corrected chi connectivity index (χ4v) is 4.42. The second kappa shape index (κ2) is 12.3. The molecule has 0 aliphatic heterocycles. The van der Waals surface area contributed by atoms with Gasteiger partial charge in [0.25, 0.3) is 17.9 Å². The van der Waals surface area contributed by atoms with Gasteiger partial charge in [-0.05, 0) is 42.8 Å². The molecular weight excluding hydrogens is 565 g/mol. The minimum absolute atomic E-state index is 0.0646. The summed E-state index contributed by atoms with van der Waals surface area (Å²) in [5.41, 5.74) is 4.65. The zero-order chi connectivity index (χ0) is 29.8. The van der Waals surface area contributed by atoms with Crippen molar-refractivity contribution in [3.05, 3.63) is 87.3 Å². The second-order valence-corrected chi connectivity index (χ2v) is 9.34. The molecule has 0 aliphatic rings. The van der Waals surface area contributed by atoms with Gasteiger partial charge < -0.3 is 15.8 Å². The summed E-state index contributed by atoms with van der Waals surface area (Å²) in [7, 11) is 1.36. The quantitative estimate of drug-likeness (QED) is 0.270. The van der Waals surface area contributed by atoms with E-state index < -0.39 is 41.4 Å². The van der Waals surface area contributed by atoms with E-state index in [0.29, 0.717) is 22.7 Å². The number of carbonyl (C=O) groups excluding carboxylic acids is 2. The summed E-state index contributed by atoms with van der Waals surface area (Å²) in [6, 6.07) is 8.21. The van der Waals surface area contributed by atoms with E-state index in [1.165, 1.54) is 48.2 Å². The number of benzene rings is 2. The van der Waals surface area contributed by atoms with E-state index in [4.69, 9.17) is 22.1 Å². The number of rotatable bonds is 10. The maximum Gasteiger partial charge on any atom is 0.283 e. The molecule has 0 aliphatic carbocycles. The number of pyridine rings is 1. The van der Waals surface area contributed by atoms with Gasteiger partial charge in [0, 0.05) is 27.9 Å². The van der Waals surface area contributed by atoms with Crippen molar-refractivity contribution in [2.75, 3.05) is 12.4 Å². The number of hydrogen-bond donors (Lipinski definition) is 2. The van der Waals surface area contributed by atoms with Crippen LogP contribution in [-0.2, 0) is 4.79 Å². The lowest BCUT2D eigenvalue weighted by atomic mass is 10.0. The molecule has 14 heteroatoms. The van der Waals surface area contributed by atoms with E-state index in [1.807, 2.05) is 6.92 Å². The number of alkyl halides is 2. The van der Waals surface area contributed by atoms with Gasteiger partial charge >= 0.3 is 0 Å². The molecule has 1 atom stereocenters. The third-order valence-corrected chi connectivity index (χ3v) is 6.43. The van der Waals surface area contributed by atoms with Crippen LogP contribution in [0, 0.1) is 5.82 Å². The first-order chi connectivity index (χ1) is 19.5. The summed E-state index contributed by atoms with van der Waals surface area (Å²) in [5, 5.41) is 10.1. The van der Waals surface area contributed by atoms with Crippen LogP contribution in [0.25, 0.3) is 16.8 Å². The number of methoxy groups -OCH3 is 1. The topological polar surface area (TPSA) is 134 Å². The van der Waals surface area contributed by atoms with Crippen molar-refractivity contribution < 1.29 is 27.5 Å². The Balaban J connectivity index is 1.75. The Morgan fingerprint density at radius 2 is 1.88 bits per heavy atom. The van der Waals surface area contributed by atoms with Gasteiger partial charge in [-0.1, -0.05) is 30.2 Å². The smallest absolute Gasteiger partial charge is 0.283 e. The second-order valence-electron chi connectivity index (χ2n) is 8.90. The van der Waals surface area contributed by atoms with Crippen molar-refractivity contribution in [2.24, 2.45) is 5.73 Å². The van der Waals surface area contributed by atoms with E-state index in [9.17, 15) is 27.6 Å². The van der Waals surface area contributed by atoms with Crippen molar-refractivity contribution in [1.82, 2.24) is 19.6 Å². The molecular formula is C27H24ClF3N6O4. The molecule has 0 bridgehead atoms. The molecule has 0 saturated carbocycles. The van der Waals surface area contributed by atoms with Gasteiger partial charge in [0.2, 0.25) is 5.91 Å². The Labute approximate surface area is 236 Å².